The van der Waals surface area contributed by atoms with Crippen molar-refractivity contribution in [2.24, 2.45) is 0 Å². The van der Waals surface area contributed by atoms with Gasteiger partial charge in [0.15, 0.2) is 5.11 Å². The number of hydrogen-bond acceptors (Lipinski definition) is 2. The molecule has 0 aliphatic carbocycles. The fourth-order valence-corrected chi connectivity index (χ4v) is 3.65. The average molecular weight is 348 g/mol. The van der Waals surface area contributed by atoms with Gasteiger partial charge in [-0.25, -0.2) is 0 Å². The van der Waals surface area contributed by atoms with E-state index in [1.54, 1.807) is 0 Å². The molecule has 4 nitrogen and oxygen atoms in total. The van der Waals surface area contributed by atoms with Crippen LogP contribution in [0.15, 0.2) is 67.1 Å². The molecule has 2 aromatic heterocycles. The molecule has 3 heterocycles. The molecule has 0 amide bonds. The molecular formula is C20H20N4S. The number of pyridine rings is 1. The monoisotopic (exact) mass is 348 g/mol. The standard InChI is InChI=1S/C20H20N4S/c1-15-4-6-17(7-5-15)22-20(25)24-14-13-23-12-2-3-18(23)19(24)16-8-10-21-11-9-16/h2-12,19H,13-14H2,1H3,(H,22,25). The van der Waals surface area contributed by atoms with Gasteiger partial charge in [-0.15, -0.1) is 0 Å². The van der Waals surface area contributed by atoms with Crippen LogP contribution in [0.5, 0.6) is 0 Å². The Balaban J connectivity index is 1.65. The number of benzene rings is 1. The molecule has 0 fully saturated rings. The highest BCUT2D eigenvalue weighted by Crippen LogP contribution is 2.32. The molecule has 3 aromatic rings. The molecule has 1 aliphatic rings. The van der Waals surface area contributed by atoms with E-state index in [0.717, 1.165) is 23.9 Å². The van der Waals surface area contributed by atoms with E-state index in [9.17, 15) is 0 Å². The number of hydrogen-bond donors (Lipinski definition) is 1. The zero-order chi connectivity index (χ0) is 17.2. The Bertz CT molecular complexity index is 870. The van der Waals surface area contributed by atoms with Gasteiger partial charge in [0.25, 0.3) is 0 Å². The molecule has 0 saturated carbocycles. The highest BCUT2D eigenvalue weighted by molar-refractivity contribution is 7.80. The first kappa shape index (κ1) is 15.8. The van der Waals surface area contributed by atoms with E-state index < -0.39 is 0 Å². The Morgan fingerprint density at radius 3 is 2.60 bits per heavy atom. The number of nitrogens with one attached hydrogen (secondary N) is 1. The minimum atomic E-state index is 0.0946. The van der Waals surface area contributed by atoms with E-state index in [4.69, 9.17) is 12.2 Å². The summed E-state index contributed by atoms with van der Waals surface area (Å²) in [5.74, 6) is 0. The smallest absolute Gasteiger partial charge is 0.174 e. The second-order valence-corrected chi connectivity index (χ2v) is 6.69. The highest BCUT2D eigenvalue weighted by Gasteiger charge is 2.30. The maximum absolute atomic E-state index is 5.76. The summed E-state index contributed by atoms with van der Waals surface area (Å²) in [5, 5.41) is 4.14. The van der Waals surface area contributed by atoms with Crippen LogP contribution in [0.4, 0.5) is 5.69 Å². The molecule has 4 rings (SSSR count). The van der Waals surface area contributed by atoms with Crippen molar-refractivity contribution in [3.8, 4) is 0 Å². The minimum Gasteiger partial charge on any atom is -0.348 e. The lowest BCUT2D eigenvalue weighted by Gasteiger charge is -2.39. The number of thiocarbonyl (C=S) groups is 1. The summed E-state index contributed by atoms with van der Waals surface area (Å²) in [4.78, 5) is 6.42. The van der Waals surface area contributed by atoms with Gasteiger partial charge in [0.2, 0.25) is 0 Å². The summed E-state index contributed by atoms with van der Waals surface area (Å²) in [6.07, 6.45) is 5.81. The number of aromatic nitrogens is 2. The van der Waals surface area contributed by atoms with Crippen molar-refractivity contribution in [1.29, 1.82) is 0 Å². The van der Waals surface area contributed by atoms with Crippen molar-refractivity contribution in [3.63, 3.8) is 0 Å². The second-order valence-electron chi connectivity index (χ2n) is 6.30. The number of fused-ring (bicyclic) bond motifs is 1. The minimum absolute atomic E-state index is 0.0946. The van der Waals surface area contributed by atoms with Gasteiger partial charge in [-0.2, -0.15) is 0 Å². The first-order chi connectivity index (χ1) is 12.2. The molecule has 25 heavy (non-hydrogen) atoms. The number of rotatable bonds is 2. The number of nitrogens with zero attached hydrogens (tertiary/aromatic N) is 3. The first-order valence-electron chi connectivity index (χ1n) is 8.41. The van der Waals surface area contributed by atoms with E-state index in [1.807, 2.05) is 12.4 Å². The van der Waals surface area contributed by atoms with Gasteiger partial charge in [0.1, 0.15) is 0 Å². The van der Waals surface area contributed by atoms with E-state index in [0.29, 0.717) is 0 Å². The summed E-state index contributed by atoms with van der Waals surface area (Å²) >= 11 is 5.76. The predicted molar refractivity (Wildman–Crippen MR) is 105 cm³/mol. The topological polar surface area (TPSA) is 33.1 Å². The SMILES string of the molecule is Cc1ccc(NC(=S)N2CCn3cccc3C2c2ccncc2)cc1. The summed E-state index contributed by atoms with van der Waals surface area (Å²) < 4.78 is 2.30. The van der Waals surface area contributed by atoms with Crippen molar-refractivity contribution < 1.29 is 0 Å². The molecule has 1 N–H and O–H groups in total. The maximum atomic E-state index is 5.76. The average Bonchev–Trinajstić information content (AvgIpc) is 3.12. The molecular weight excluding hydrogens is 328 g/mol. The molecule has 5 heteroatoms. The van der Waals surface area contributed by atoms with Crippen LogP contribution in [-0.4, -0.2) is 26.1 Å². The lowest BCUT2D eigenvalue weighted by Crippen LogP contribution is -2.44. The van der Waals surface area contributed by atoms with Crippen molar-refractivity contribution >= 4 is 23.0 Å². The van der Waals surface area contributed by atoms with Crippen molar-refractivity contribution in [3.05, 3.63) is 83.9 Å². The first-order valence-corrected chi connectivity index (χ1v) is 8.82. The Hall–Kier alpha value is -2.66. The zero-order valence-corrected chi connectivity index (χ0v) is 14.9. The second kappa shape index (κ2) is 6.69. The molecule has 0 saturated heterocycles. The molecule has 1 atom stereocenters. The van der Waals surface area contributed by atoms with Crippen LogP contribution >= 0.6 is 12.2 Å². The molecule has 0 spiro atoms. The van der Waals surface area contributed by atoms with Gasteiger partial charge in [0.05, 0.1) is 6.04 Å². The Labute approximate surface area is 153 Å². The lowest BCUT2D eigenvalue weighted by atomic mass is 10.0. The van der Waals surface area contributed by atoms with Gasteiger partial charge in [-0.3, -0.25) is 4.98 Å². The van der Waals surface area contributed by atoms with Gasteiger partial charge < -0.3 is 14.8 Å². The molecule has 1 unspecified atom stereocenters. The lowest BCUT2D eigenvalue weighted by molar-refractivity contribution is 0.293. The van der Waals surface area contributed by atoms with Crippen LogP contribution in [0.2, 0.25) is 0 Å². The van der Waals surface area contributed by atoms with Gasteiger partial charge >= 0.3 is 0 Å². The summed E-state index contributed by atoms with van der Waals surface area (Å²) in [7, 11) is 0. The van der Waals surface area contributed by atoms with Crippen molar-refractivity contribution in [2.75, 3.05) is 11.9 Å². The molecule has 126 valence electrons. The van der Waals surface area contributed by atoms with Crippen molar-refractivity contribution in [2.45, 2.75) is 19.5 Å². The zero-order valence-electron chi connectivity index (χ0n) is 14.1. The predicted octanol–water partition coefficient (Wildman–Crippen LogP) is 3.99. The Morgan fingerprint density at radius 1 is 1.08 bits per heavy atom. The van der Waals surface area contributed by atoms with Gasteiger partial charge in [0, 0.05) is 43.1 Å². The Morgan fingerprint density at radius 2 is 1.84 bits per heavy atom. The fraction of sp³-hybridized carbons (Fsp3) is 0.200. The largest absolute Gasteiger partial charge is 0.348 e. The third kappa shape index (κ3) is 3.15. The number of aryl methyl sites for hydroxylation is 1. The van der Waals surface area contributed by atoms with E-state index in [2.05, 4.69) is 81.4 Å². The highest BCUT2D eigenvalue weighted by atomic mass is 32.1. The third-order valence-corrected chi connectivity index (χ3v) is 4.96. The molecule has 0 radical (unpaired) electrons. The van der Waals surface area contributed by atoms with Crippen LogP contribution in [0.3, 0.4) is 0 Å². The van der Waals surface area contributed by atoms with Gasteiger partial charge in [-0.05, 0) is 61.1 Å². The summed E-state index contributed by atoms with van der Waals surface area (Å²) in [5.41, 5.74) is 4.71. The van der Waals surface area contributed by atoms with E-state index in [-0.39, 0.29) is 6.04 Å². The summed E-state index contributed by atoms with van der Waals surface area (Å²) in [6, 6.07) is 16.8. The van der Waals surface area contributed by atoms with Crippen LogP contribution < -0.4 is 5.32 Å². The quantitative estimate of drug-likeness (QED) is 0.710. The Kier molecular flexibility index (Phi) is 4.24. The van der Waals surface area contributed by atoms with Crippen molar-refractivity contribution in [1.82, 2.24) is 14.5 Å². The van der Waals surface area contributed by atoms with E-state index in [1.165, 1.54) is 16.8 Å². The molecule has 1 aromatic carbocycles. The molecule has 0 bridgehead atoms. The number of anilines is 1. The summed E-state index contributed by atoms with van der Waals surface area (Å²) in [6.45, 7) is 3.88. The van der Waals surface area contributed by atoms with Gasteiger partial charge in [-0.1, -0.05) is 17.7 Å². The van der Waals surface area contributed by atoms with Crippen LogP contribution in [0, 0.1) is 6.92 Å². The van der Waals surface area contributed by atoms with Crippen LogP contribution in [-0.2, 0) is 6.54 Å². The van der Waals surface area contributed by atoms with E-state index >= 15 is 0 Å². The third-order valence-electron chi connectivity index (χ3n) is 4.62. The van der Waals surface area contributed by atoms with Crippen LogP contribution in [0.1, 0.15) is 22.9 Å². The fourth-order valence-electron chi connectivity index (χ4n) is 3.33. The maximum Gasteiger partial charge on any atom is 0.174 e. The molecule has 1 aliphatic heterocycles. The normalized spacial score (nSPS) is 16.4. The van der Waals surface area contributed by atoms with Crippen LogP contribution in [0.25, 0.3) is 0 Å².